The molecule has 0 saturated carbocycles. The summed E-state index contributed by atoms with van der Waals surface area (Å²) < 4.78 is 83.0. The van der Waals surface area contributed by atoms with Gasteiger partial charge in [0.2, 0.25) is 0 Å². The summed E-state index contributed by atoms with van der Waals surface area (Å²) in [6, 6.07) is 12.1. The molecule has 0 amide bonds. The largest absolute Gasteiger partial charge is 0.458 e. The van der Waals surface area contributed by atoms with Crippen LogP contribution in [0, 0.1) is 6.92 Å². The van der Waals surface area contributed by atoms with Gasteiger partial charge in [-0.25, -0.2) is 0 Å². The second kappa shape index (κ2) is 14.1. The van der Waals surface area contributed by atoms with Crippen LogP contribution in [0.4, 0.5) is 22.0 Å². The van der Waals surface area contributed by atoms with Crippen molar-refractivity contribution in [3.8, 4) is 0 Å². The topological polar surface area (TPSA) is 58.6 Å². The fraction of sp³-hybridized carbons (Fsp3) is 0.520. The van der Waals surface area contributed by atoms with Gasteiger partial charge >= 0.3 is 20.4 Å². The standard InChI is InChI=1S/C25H33F5NO3P/c1-19-9-11-20(12-10-19)7-4-2-3-5-8-22-14-13-21(18-31-15-6-16-34-35(32)33)17-23(22)24(26,27)25(28,29)30/h9-14,17,31,35H,2-8,15-16,18H2,1H3,(H,32,33). The molecule has 0 aliphatic rings. The highest BCUT2D eigenvalue weighted by molar-refractivity contribution is 7.32. The summed E-state index contributed by atoms with van der Waals surface area (Å²) in [7, 11) is -3.01. The first-order chi connectivity index (χ1) is 16.5. The van der Waals surface area contributed by atoms with E-state index < -0.39 is 25.9 Å². The van der Waals surface area contributed by atoms with Gasteiger partial charge in [-0.15, -0.1) is 0 Å². The van der Waals surface area contributed by atoms with E-state index in [2.05, 4.69) is 22.0 Å². The van der Waals surface area contributed by atoms with Crippen molar-refractivity contribution in [1.29, 1.82) is 0 Å². The molecule has 0 radical (unpaired) electrons. The summed E-state index contributed by atoms with van der Waals surface area (Å²) in [6.07, 6.45) is -1.16. The molecule has 0 heterocycles. The highest BCUT2D eigenvalue weighted by atomic mass is 31.1. The Morgan fingerprint density at radius 2 is 1.51 bits per heavy atom. The molecule has 196 valence electrons. The van der Waals surface area contributed by atoms with Gasteiger partial charge in [-0.3, -0.25) is 4.57 Å². The SMILES string of the molecule is Cc1ccc(CCCCCCc2ccc(CNCCCO[PH](=O)O)cc2C(F)(F)C(F)(F)F)cc1. The molecule has 35 heavy (non-hydrogen) atoms. The second-order valence-corrected chi connectivity index (χ2v) is 9.43. The minimum absolute atomic E-state index is 0.0103. The minimum Gasteiger partial charge on any atom is -0.326 e. The number of rotatable bonds is 15. The van der Waals surface area contributed by atoms with E-state index in [1.807, 2.05) is 19.1 Å². The number of halogens is 5. The lowest BCUT2D eigenvalue weighted by Crippen LogP contribution is -2.35. The molecular weight excluding hydrogens is 488 g/mol. The molecule has 0 spiro atoms. The van der Waals surface area contributed by atoms with E-state index >= 15 is 0 Å². The number of nitrogens with one attached hydrogen (secondary N) is 1. The Morgan fingerprint density at radius 3 is 2.14 bits per heavy atom. The van der Waals surface area contributed by atoms with Crippen LogP contribution in [0.5, 0.6) is 0 Å². The molecule has 0 aliphatic heterocycles. The highest BCUT2D eigenvalue weighted by Crippen LogP contribution is 2.45. The van der Waals surface area contributed by atoms with Gasteiger partial charge in [-0.1, -0.05) is 54.8 Å². The third kappa shape index (κ3) is 10.00. The van der Waals surface area contributed by atoms with Crippen LogP contribution in [-0.4, -0.2) is 24.2 Å². The quantitative estimate of drug-likeness (QED) is 0.153. The summed E-state index contributed by atoms with van der Waals surface area (Å²) in [6.45, 7) is 2.51. The second-order valence-electron chi connectivity index (χ2n) is 8.61. The van der Waals surface area contributed by atoms with Crippen LogP contribution in [0.15, 0.2) is 42.5 Å². The van der Waals surface area contributed by atoms with Gasteiger partial charge in [0.25, 0.3) is 0 Å². The molecule has 2 rings (SSSR count). The maximum Gasteiger partial charge on any atom is 0.458 e. The summed E-state index contributed by atoms with van der Waals surface area (Å²) >= 11 is 0. The lowest BCUT2D eigenvalue weighted by atomic mass is 9.94. The first-order valence-corrected chi connectivity index (χ1v) is 13.0. The third-order valence-electron chi connectivity index (χ3n) is 5.70. The molecule has 2 aromatic carbocycles. The molecule has 0 fully saturated rings. The molecule has 10 heteroatoms. The molecule has 0 aromatic heterocycles. The number of alkyl halides is 5. The molecule has 1 unspecified atom stereocenters. The van der Waals surface area contributed by atoms with Crippen LogP contribution in [0.2, 0.25) is 0 Å². The van der Waals surface area contributed by atoms with E-state index in [9.17, 15) is 26.5 Å². The van der Waals surface area contributed by atoms with Gasteiger partial charge in [0.1, 0.15) is 0 Å². The zero-order chi connectivity index (χ0) is 25.9. The van der Waals surface area contributed by atoms with Crippen LogP contribution in [0.3, 0.4) is 0 Å². The summed E-state index contributed by atoms with van der Waals surface area (Å²) in [4.78, 5) is 8.59. The van der Waals surface area contributed by atoms with Gasteiger partial charge in [0, 0.05) is 12.1 Å². The van der Waals surface area contributed by atoms with Crippen molar-refractivity contribution in [2.24, 2.45) is 0 Å². The zero-order valence-corrected chi connectivity index (χ0v) is 20.8. The first kappa shape index (κ1) is 29.4. The van der Waals surface area contributed by atoms with Crippen molar-refractivity contribution in [2.75, 3.05) is 13.2 Å². The van der Waals surface area contributed by atoms with Crippen molar-refractivity contribution < 1.29 is 35.9 Å². The number of aryl methyl sites for hydroxylation is 3. The van der Waals surface area contributed by atoms with Crippen LogP contribution in [0.25, 0.3) is 0 Å². The molecule has 0 saturated heterocycles. The Balaban J connectivity index is 1.91. The molecule has 0 aliphatic carbocycles. The normalized spacial score (nSPS) is 13.2. The smallest absolute Gasteiger partial charge is 0.326 e. The van der Waals surface area contributed by atoms with Gasteiger partial charge in [0.15, 0.2) is 0 Å². The number of unbranched alkanes of at least 4 members (excludes halogenated alkanes) is 3. The van der Waals surface area contributed by atoms with Crippen LogP contribution in [-0.2, 0) is 34.4 Å². The fourth-order valence-corrected chi connectivity index (χ4v) is 4.06. The van der Waals surface area contributed by atoms with E-state index in [4.69, 9.17) is 4.89 Å². The number of hydrogen-bond acceptors (Lipinski definition) is 3. The summed E-state index contributed by atoms with van der Waals surface area (Å²) in [5.41, 5.74) is 1.74. The number of hydrogen-bond donors (Lipinski definition) is 2. The van der Waals surface area contributed by atoms with Crippen LogP contribution < -0.4 is 5.32 Å². The van der Waals surface area contributed by atoms with E-state index in [-0.39, 0.29) is 25.1 Å². The van der Waals surface area contributed by atoms with E-state index in [0.29, 0.717) is 24.9 Å². The minimum atomic E-state index is -5.68. The molecular formula is C25H33F5NO3P. The van der Waals surface area contributed by atoms with Crippen molar-refractivity contribution in [1.82, 2.24) is 5.32 Å². The van der Waals surface area contributed by atoms with Gasteiger partial charge in [0.05, 0.1) is 6.61 Å². The average molecular weight is 522 g/mol. The van der Waals surface area contributed by atoms with E-state index in [1.165, 1.54) is 17.2 Å². The molecule has 2 N–H and O–H groups in total. The molecule has 1 atom stereocenters. The van der Waals surface area contributed by atoms with Crippen LogP contribution >= 0.6 is 8.25 Å². The molecule has 4 nitrogen and oxygen atoms in total. The number of benzene rings is 2. The maximum absolute atomic E-state index is 14.3. The van der Waals surface area contributed by atoms with Crippen molar-refractivity contribution >= 4 is 8.25 Å². The van der Waals surface area contributed by atoms with Gasteiger partial charge in [-0.2, -0.15) is 22.0 Å². The van der Waals surface area contributed by atoms with Crippen molar-refractivity contribution in [2.45, 2.75) is 70.5 Å². The summed E-state index contributed by atoms with van der Waals surface area (Å²) in [5.74, 6) is -4.94. The molecule has 0 bridgehead atoms. The van der Waals surface area contributed by atoms with E-state index in [0.717, 1.165) is 31.7 Å². The Hall–Kier alpha value is -1.80. The van der Waals surface area contributed by atoms with E-state index in [1.54, 1.807) is 6.07 Å². The Kier molecular flexibility index (Phi) is 11.8. The Bertz CT molecular complexity index is 936. The third-order valence-corrected chi connectivity index (χ3v) is 6.15. The lowest BCUT2D eigenvalue weighted by Gasteiger charge is -2.23. The predicted octanol–water partition coefficient (Wildman–Crippen LogP) is 6.87. The average Bonchev–Trinajstić information content (AvgIpc) is 2.79. The highest BCUT2D eigenvalue weighted by Gasteiger charge is 2.59. The zero-order valence-electron chi connectivity index (χ0n) is 19.8. The Labute approximate surface area is 203 Å². The lowest BCUT2D eigenvalue weighted by molar-refractivity contribution is -0.289. The maximum atomic E-state index is 14.3. The predicted molar refractivity (Wildman–Crippen MR) is 127 cm³/mol. The van der Waals surface area contributed by atoms with Crippen LogP contribution in [0.1, 0.15) is 59.9 Å². The van der Waals surface area contributed by atoms with Crippen molar-refractivity contribution in [3.05, 3.63) is 70.3 Å². The molecule has 2 aromatic rings. The Morgan fingerprint density at radius 1 is 0.886 bits per heavy atom. The monoisotopic (exact) mass is 521 g/mol. The van der Waals surface area contributed by atoms with Gasteiger partial charge < -0.3 is 14.7 Å². The fourth-order valence-electron chi connectivity index (χ4n) is 3.74. The summed E-state index contributed by atoms with van der Waals surface area (Å²) in [5, 5.41) is 2.92. The van der Waals surface area contributed by atoms with Gasteiger partial charge in [-0.05, 0) is 68.3 Å². The van der Waals surface area contributed by atoms with Crippen molar-refractivity contribution in [3.63, 3.8) is 0 Å². The first-order valence-electron chi connectivity index (χ1n) is 11.7.